The van der Waals surface area contributed by atoms with Crippen LogP contribution in [0.4, 0.5) is 17.1 Å². The summed E-state index contributed by atoms with van der Waals surface area (Å²) in [5.74, 6) is -2.66. The quantitative estimate of drug-likeness (QED) is 0.114. The second-order valence-corrected chi connectivity index (χ2v) is 8.75. The van der Waals surface area contributed by atoms with Crippen molar-refractivity contribution < 1.29 is 29.7 Å². The van der Waals surface area contributed by atoms with E-state index in [-0.39, 0.29) is 33.8 Å². The first kappa shape index (κ1) is 27.7. The van der Waals surface area contributed by atoms with Gasteiger partial charge in [0.1, 0.15) is 22.9 Å². The van der Waals surface area contributed by atoms with Crippen LogP contribution in [0.1, 0.15) is 36.2 Å². The molecule has 3 aromatic carbocycles. The molecule has 0 aliphatic rings. The number of hydrogen-bond acceptors (Lipinski definition) is 9. The third kappa shape index (κ3) is 6.26. The van der Waals surface area contributed by atoms with Crippen LogP contribution in [0.2, 0.25) is 0 Å². The van der Waals surface area contributed by atoms with Crippen molar-refractivity contribution in [1.29, 1.82) is 0 Å². The number of allylic oxidation sites excluding steroid dienone is 1. The molecule has 3 rings (SSSR count). The fourth-order valence-corrected chi connectivity index (χ4v) is 3.49. The van der Waals surface area contributed by atoms with Crippen LogP contribution >= 0.6 is 0 Å². The number of ketones is 3. The van der Waals surface area contributed by atoms with Crippen molar-refractivity contribution in [2.45, 2.75) is 26.0 Å². The van der Waals surface area contributed by atoms with Crippen molar-refractivity contribution in [2.75, 3.05) is 5.32 Å². The molecule has 0 amide bonds. The highest BCUT2D eigenvalue weighted by molar-refractivity contribution is 6.11. The second kappa shape index (κ2) is 11.4. The molecule has 194 valence electrons. The molecule has 0 bridgehead atoms. The van der Waals surface area contributed by atoms with Gasteiger partial charge in [0.25, 0.3) is 0 Å². The standard InChI is InChI=1S/C29H27N3O6/c1-17(2)26(35)16-29(38,28(37)18(3)4)30-21-12-8-9-13-22(21)31-32-23-14-20(24(33)15-25(23)34)27(36)19-10-6-5-7-11-19/h5-15,30,33-34,38H,1,3,16H2,2,4H3. The molecule has 0 aliphatic heterocycles. The summed E-state index contributed by atoms with van der Waals surface area (Å²) in [4.78, 5) is 37.9. The number of carbonyl (C=O) groups is 3. The number of azo groups is 1. The number of phenolic OH excluding ortho intramolecular Hbond substituents is 2. The van der Waals surface area contributed by atoms with Crippen molar-refractivity contribution >= 4 is 34.4 Å². The van der Waals surface area contributed by atoms with E-state index in [1.165, 1.54) is 32.0 Å². The van der Waals surface area contributed by atoms with E-state index in [0.717, 1.165) is 6.07 Å². The number of anilines is 1. The summed E-state index contributed by atoms with van der Waals surface area (Å²) >= 11 is 0. The van der Waals surface area contributed by atoms with E-state index >= 15 is 0 Å². The molecule has 9 nitrogen and oxygen atoms in total. The molecule has 0 saturated carbocycles. The number of rotatable bonds is 11. The summed E-state index contributed by atoms with van der Waals surface area (Å²) in [6.45, 7) is 10.0. The molecule has 38 heavy (non-hydrogen) atoms. The maximum Gasteiger partial charge on any atom is 0.210 e. The van der Waals surface area contributed by atoms with E-state index in [4.69, 9.17) is 0 Å². The predicted molar refractivity (Wildman–Crippen MR) is 143 cm³/mol. The Morgan fingerprint density at radius 3 is 2.08 bits per heavy atom. The zero-order chi connectivity index (χ0) is 28.0. The Kier molecular flexibility index (Phi) is 8.34. The summed E-state index contributed by atoms with van der Waals surface area (Å²) in [5, 5.41) is 42.5. The highest BCUT2D eigenvalue weighted by Crippen LogP contribution is 2.37. The van der Waals surface area contributed by atoms with E-state index < -0.39 is 41.0 Å². The van der Waals surface area contributed by atoms with Crippen LogP contribution in [0.5, 0.6) is 11.5 Å². The van der Waals surface area contributed by atoms with Gasteiger partial charge in [-0.15, -0.1) is 10.2 Å². The lowest BCUT2D eigenvalue weighted by Crippen LogP contribution is -2.48. The molecule has 3 aromatic rings. The van der Waals surface area contributed by atoms with Gasteiger partial charge in [-0.05, 0) is 43.2 Å². The van der Waals surface area contributed by atoms with Gasteiger partial charge in [0, 0.05) is 11.6 Å². The molecule has 0 aromatic heterocycles. The Hall–Kier alpha value is -4.89. The van der Waals surface area contributed by atoms with Gasteiger partial charge in [-0.3, -0.25) is 14.4 Å². The van der Waals surface area contributed by atoms with Gasteiger partial charge < -0.3 is 20.6 Å². The Morgan fingerprint density at radius 2 is 1.45 bits per heavy atom. The van der Waals surface area contributed by atoms with Crippen LogP contribution in [0.25, 0.3) is 0 Å². The Bertz CT molecular complexity index is 1460. The molecule has 0 fully saturated rings. The molecule has 0 radical (unpaired) electrons. The van der Waals surface area contributed by atoms with Crippen molar-refractivity contribution in [2.24, 2.45) is 10.2 Å². The van der Waals surface area contributed by atoms with E-state index in [1.807, 2.05) is 0 Å². The Labute approximate surface area is 219 Å². The number of aliphatic hydroxyl groups is 1. The summed E-state index contributed by atoms with van der Waals surface area (Å²) in [6.07, 6.45) is -0.594. The lowest BCUT2D eigenvalue weighted by atomic mass is 9.94. The molecule has 0 aliphatic carbocycles. The maximum absolute atomic E-state index is 12.8. The van der Waals surface area contributed by atoms with Gasteiger partial charge in [-0.1, -0.05) is 55.6 Å². The van der Waals surface area contributed by atoms with E-state index in [2.05, 4.69) is 28.7 Å². The van der Waals surface area contributed by atoms with Crippen molar-refractivity contribution in [3.05, 3.63) is 102 Å². The summed E-state index contributed by atoms with van der Waals surface area (Å²) in [7, 11) is 0. The van der Waals surface area contributed by atoms with Gasteiger partial charge in [0.2, 0.25) is 11.5 Å². The Morgan fingerprint density at radius 1 is 0.842 bits per heavy atom. The van der Waals surface area contributed by atoms with Gasteiger partial charge in [0.15, 0.2) is 11.6 Å². The number of nitrogens with one attached hydrogen (secondary N) is 1. The van der Waals surface area contributed by atoms with Gasteiger partial charge in [-0.25, -0.2) is 0 Å². The maximum atomic E-state index is 12.8. The smallest absolute Gasteiger partial charge is 0.210 e. The van der Waals surface area contributed by atoms with Crippen LogP contribution in [0.15, 0.2) is 101 Å². The minimum Gasteiger partial charge on any atom is -0.507 e. The number of phenols is 2. The fourth-order valence-electron chi connectivity index (χ4n) is 3.49. The topological polar surface area (TPSA) is 149 Å². The lowest BCUT2D eigenvalue weighted by Gasteiger charge is -2.29. The zero-order valence-corrected chi connectivity index (χ0v) is 20.9. The molecule has 0 saturated heterocycles. The third-order valence-electron chi connectivity index (χ3n) is 5.54. The minimum atomic E-state index is -2.33. The van der Waals surface area contributed by atoms with Gasteiger partial charge >= 0.3 is 0 Å². The van der Waals surface area contributed by atoms with Crippen LogP contribution in [0.3, 0.4) is 0 Å². The summed E-state index contributed by atoms with van der Waals surface area (Å²) < 4.78 is 0. The average molecular weight is 514 g/mol. The van der Waals surface area contributed by atoms with Crippen LogP contribution in [0, 0.1) is 0 Å². The number of nitrogens with zero attached hydrogens (tertiary/aromatic N) is 2. The number of carbonyl (C=O) groups excluding carboxylic acids is 3. The largest absolute Gasteiger partial charge is 0.507 e. The fraction of sp³-hybridized carbons (Fsp3) is 0.138. The van der Waals surface area contributed by atoms with Gasteiger partial charge in [-0.2, -0.15) is 0 Å². The third-order valence-corrected chi connectivity index (χ3v) is 5.54. The zero-order valence-electron chi connectivity index (χ0n) is 20.9. The van der Waals surface area contributed by atoms with E-state index in [9.17, 15) is 29.7 Å². The monoisotopic (exact) mass is 513 g/mol. The molecule has 4 N–H and O–H groups in total. The average Bonchev–Trinajstić information content (AvgIpc) is 2.88. The van der Waals surface area contributed by atoms with E-state index in [0.29, 0.717) is 5.56 Å². The lowest BCUT2D eigenvalue weighted by molar-refractivity contribution is -0.135. The predicted octanol–water partition coefficient (Wildman–Crippen LogP) is 5.53. The molecular formula is C29H27N3O6. The normalized spacial score (nSPS) is 12.5. The molecular weight excluding hydrogens is 486 g/mol. The van der Waals surface area contributed by atoms with E-state index in [1.54, 1.807) is 42.5 Å². The summed E-state index contributed by atoms with van der Waals surface area (Å²) in [6, 6.07) is 16.7. The molecule has 1 unspecified atom stereocenters. The number of benzene rings is 3. The first-order valence-electron chi connectivity index (χ1n) is 11.5. The summed E-state index contributed by atoms with van der Waals surface area (Å²) in [5.41, 5.74) is -1.71. The molecule has 0 heterocycles. The highest BCUT2D eigenvalue weighted by Gasteiger charge is 2.39. The SMILES string of the molecule is C=C(C)C(=O)CC(O)(Nc1ccccc1N=Nc1cc(C(=O)c2ccccc2)c(O)cc1O)C(=O)C(=C)C. The molecule has 0 spiro atoms. The molecule has 1 atom stereocenters. The number of Topliss-reactive ketones (excluding diaryl/α,β-unsaturated/α-hetero) is 2. The van der Waals surface area contributed by atoms with Crippen molar-refractivity contribution in [1.82, 2.24) is 0 Å². The first-order valence-corrected chi connectivity index (χ1v) is 11.5. The first-order chi connectivity index (χ1) is 17.9. The highest BCUT2D eigenvalue weighted by atomic mass is 16.3. The van der Waals surface area contributed by atoms with Crippen LogP contribution < -0.4 is 5.32 Å². The van der Waals surface area contributed by atoms with Crippen LogP contribution in [-0.2, 0) is 9.59 Å². The molecule has 9 heteroatoms. The number of para-hydroxylation sites is 1. The van der Waals surface area contributed by atoms with Crippen molar-refractivity contribution in [3.8, 4) is 11.5 Å². The Balaban J connectivity index is 1.98. The number of hydrogen-bond donors (Lipinski definition) is 4. The van der Waals surface area contributed by atoms with Crippen LogP contribution in [-0.4, -0.2) is 38.4 Å². The van der Waals surface area contributed by atoms with Gasteiger partial charge in [0.05, 0.1) is 17.7 Å². The van der Waals surface area contributed by atoms with Crippen molar-refractivity contribution in [3.63, 3.8) is 0 Å². The minimum absolute atomic E-state index is 0.0262. The number of aromatic hydroxyl groups is 2. The second-order valence-electron chi connectivity index (χ2n) is 8.75.